The lowest BCUT2D eigenvalue weighted by Gasteiger charge is -2.54. The molecule has 118 valence electrons. The lowest BCUT2D eigenvalue weighted by atomic mass is 9.63. The molecule has 0 bridgehead atoms. The standard InChI is InChI=1S/C15H26F3NO/c1-4-20-13-9-12(14(13,2)3)19-11-8-6-5-7-10(11)15(16,17)18/h10-13,19H,4-9H2,1-3H3. The monoisotopic (exact) mass is 293 g/mol. The fourth-order valence-electron chi connectivity index (χ4n) is 3.63. The molecule has 5 heteroatoms. The van der Waals surface area contributed by atoms with Crippen molar-refractivity contribution in [3.63, 3.8) is 0 Å². The molecule has 0 amide bonds. The number of hydrogen-bond acceptors (Lipinski definition) is 2. The predicted octanol–water partition coefficient (Wildman–Crippen LogP) is 3.90. The second kappa shape index (κ2) is 5.84. The van der Waals surface area contributed by atoms with Gasteiger partial charge in [0, 0.05) is 24.1 Å². The Morgan fingerprint density at radius 3 is 2.40 bits per heavy atom. The molecule has 0 aromatic heterocycles. The third-order valence-electron chi connectivity index (χ3n) is 5.15. The third-order valence-corrected chi connectivity index (χ3v) is 5.15. The van der Waals surface area contributed by atoms with Crippen molar-refractivity contribution in [3.8, 4) is 0 Å². The molecule has 2 nitrogen and oxygen atoms in total. The minimum atomic E-state index is -4.08. The molecule has 2 saturated carbocycles. The summed E-state index contributed by atoms with van der Waals surface area (Å²) >= 11 is 0. The van der Waals surface area contributed by atoms with Crippen molar-refractivity contribution in [2.45, 2.75) is 77.2 Å². The Balaban J connectivity index is 1.95. The molecule has 0 radical (unpaired) electrons. The highest BCUT2D eigenvalue weighted by Gasteiger charge is 2.52. The van der Waals surface area contributed by atoms with E-state index in [1.54, 1.807) is 0 Å². The van der Waals surface area contributed by atoms with E-state index in [0.717, 1.165) is 12.8 Å². The molecule has 0 saturated heterocycles. The van der Waals surface area contributed by atoms with Crippen LogP contribution in [-0.4, -0.2) is 31.0 Å². The Bertz CT molecular complexity index is 330. The van der Waals surface area contributed by atoms with Gasteiger partial charge >= 0.3 is 6.18 Å². The van der Waals surface area contributed by atoms with Gasteiger partial charge in [0.25, 0.3) is 0 Å². The van der Waals surface area contributed by atoms with Crippen molar-refractivity contribution < 1.29 is 17.9 Å². The van der Waals surface area contributed by atoms with E-state index in [-0.39, 0.29) is 24.0 Å². The Kier molecular flexibility index (Phi) is 4.69. The Morgan fingerprint density at radius 1 is 1.20 bits per heavy atom. The van der Waals surface area contributed by atoms with Crippen LogP contribution in [0.25, 0.3) is 0 Å². The highest BCUT2D eigenvalue weighted by molar-refractivity contribution is 5.04. The van der Waals surface area contributed by atoms with E-state index >= 15 is 0 Å². The number of nitrogens with one attached hydrogen (secondary N) is 1. The largest absolute Gasteiger partial charge is 0.393 e. The van der Waals surface area contributed by atoms with E-state index in [2.05, 4.69) is 19.2 Å². The van der Waals surface area contributed by atoms with Crippen LogP contribution in [0.5, 0.6) is 0 Å². The van der Waals surface area contributed by atoms with Gasteiger partial charge in [-0.2, -0.15) is 13.2 Å². The summed E-state index contributed by atoms with van der Waals surface area (Å²) in [4.78, 5) is 0. The van der Waals surface area contributed by atoms with E-state index in [0.29, 0.717) is 19.4 Å². The number of ether oxygens (including phenoxy) is 1. The van der Waals surface area contributed by atoms with Crippen molar-refractivity contribution >= 4 is 0 Å². The summed E-state index contributed by atoms with van der Waals surface area (Å²) < 4.78 is 44.9. The van der Waals surface area contributed by atoms with E-state index in [1.165, 1.54) is 0 Å². The third kappa shape index (κ3) is 3.14. The lowest BCUT2D eigenvalue weighted by molar-refractivity contribution is -0.194. The molecular formula is C15H26F3NO. The van der Waals surface area contributed by atoms with Crippen LogP contribution < -0.4 is 5.32 Å². The van der Waals surface area contributed by atoms with Crippen molar-refractivity contribution in [3.05, 3.63) is 0 Å². The van der Waals surface area contributed by atoms with Crippen LogP contribution in [0, 0.1) is 11.3 Å². The highest BCUT2D eigenvalue weighted by Crippen LogP contribution is 2.45. The Labute approximate surface area is 119 Å². The summed E-state index contributed by atoms with van der Waals surface area (Å²) in [7, 11) is 0. The molecule has 2 fully saturated rings. The number of halogens is 3. The van der Waals surface area contributed by atoms with E-state index < -0.39 is 18.1 Å². The quantitative estimate of drug-likeness (QED) is 0.849. The number of hydrogen-bond donors (Lipinski definition) is 1. The minimum absolute atomic E-state index is 0.0798. The summed E-state index contributed by atoms with van der Waals surface area (Å²) in [6.45, 7) is 6.78. The molecular weight excluding hydrogens is 267 g/mol. The minimum Gasteiger partial charge on any atom is -0.378 e. The molecule has 1 N–H and O–H groups in total. The molecule has 4 unspecified atom stereocenters. The molecule has 0 spiro atoms. The van der Waals surface area contributed by atoms with Gasteiger partial charge in [-0.1, -0.05) is 26.7 Å². The van der Waals surface area contributed by atoms with Gasteiger partial charge in [0.05, 0.1) is 12.0 Å². The Morgan fingerprint density at radius 2 is 1.85 bits per heavy atom. The highest BCUT2D eigenvalue weighted by atomic mass is 19.4. The maximum absolute atomic E-state index is 13.1. The van der Waals surface area contributed by atoms with E-state index in [1.807, 2.05) is 6.92 Å². The molecule has 2 rings (SSSR count). The van der Waals surface area contributed by atoms with E-state index in [9.17, 15) is 13.2 Å². The number of rotatable bonds is 4. The van der Waals surface area contributed by atoms with Crippen LogP contribution in [-0.2, 0) is 4.74 Å². The molecule has 2 aliphatic rings. The van der Waals surface area contributed by atoms with Crippen LogP contribution >= 0.6 is 0 Å². The van der Waals surface area contributed by atoms with Crippen molar-refractivity contribution in [1.29, 1.82) is 0 Å². The maximum atomic E-state index is 13.1. The average molecular weight is 293 g/mol. The summed E-state index contributed by atoms with van der Waals surface area (Å²) in [6.07, 6.45) is -0.602. The van der Waals surface area contributed by atoms with Gasteiger partial charge in [-0.05, 0) is 26.2 Å². The van der Waals surface area contributed by atoms with Gasteiger partial charge < -0.3 is 10.1 Å². The van der Waals surface area contributed by atoms with Crippen LogP contribution in [0.1, 0.15) is 52.9 Å². The first-order valence-corrected chi connectivity index (χ1v) is 7.71. The fraction of sp³-hybridized carbons (Fsp3) is 1.00. The van der Waals surface area contributed by atoms with Crippen LogP contribution in [0.15, 0.2) is 0 Å². The van der Waals surface area contributed by atoms with Crippen LogP contribution in [0.2, 0.25) is 0 Å². The number of alkyl halides is 3. The molecule has 4 atom stereocenters. The first-order chi connectivity index (χ1) is 9.26. The normalized spacial score (nSPS) is 37.5. The van der Waals surface area contributed by atoms with Crippen LogP contribution in [0.4, 0.5) is 13.2 Å². The first kappa shape index (κ1) is 16.1. The maximum Gasteiger partial charge on any atom is 0.393 e. The summed E-state index contributed by atoms with van der Waals surface area (Å²) in [5.41, 5.74) is -0.0798. The van der Waals surface area contributed by atoms with Crippen molar-refractivity contribution in [2.75, 3.05) is 6.61 Å². The van der Waals surface area contributed by atoms with Gasteiger partial charge in [0.1, 0.15) is 0 Å². The second-order valence-electron chi connectivity index (χ2n) is 6.76. The fourth-order valence-corrected chi connectivity index (χ4v) is 3.63. The Hall–Kier alpha value is -0.290. The molecule has 0 aromatic rings. The van der Waals surface area contributed by atoms with Crippen molar-refractivity contribution in [2.24, 2.45) is 11.3 Å². The SMILES string of the molecule is CCOC1CC(NC2CCCCC2C(F)(F)F)C1(C)C. The zero-order valence-corrected chi connectivity index (χ0v) is 12.6. The van der Waals surface area contributed by atoms with Crippen LogP contribution in [0.3, 0.4) is 0 Å². The molecule has 2 aliphatic carbocycles. The molecule has 0 heterocycles. The van der Waals surface area contributed by atoms with Gasteiger partial charge in [0.2, 0.25) is 0 Å². The van der Waals surface area contributed by atoms with Gasteiger partial charge in [-0.15, -0.1) is 0 Å². The van der Waals surface area contributed by atoms with E-state index in [4.69, 9.17) is 4.74 Å². The first-order valence-electron chi connectivity index (χ1n) is 7.71. The topological polar surface area (TPSA) is 21.3 Å². The summed E-state index contributed by atoms with van der Waals surface area (Å²) in [5, 5.41) is 3.29. The average Bonchev–Trinajstić information content (AvgIpc) is 2.37. The predicted molar refractivity (Wildman–Crippen MR) is 72.5 cm³/mol. The smallest absolute Gasteiger partial charge is 0.378 e. The molecule has 20 heavy (non-hydrogen) atoms. The molecule has 0 aromatic carbocycles. The van der Waals surface area contributed by atoms with Crippen molar-refractivity contribution in [1.82, 2.24) is 5.32 Å². The second-order valence-corrected chi connectivity index (χ2v) is 6.76. The molecule has 0 aliphatic heterocycles. The zero-order chi connectivity index (χ0) is 15.0. The van der Waals surface area contributed by atoms with Gasteiger partial charge in [-0.3, -0.25) is 0 Å². The zero-order valence-electron chi connectivity index (χ0n) is 12.6. The lowest BCUT2D eigenvalue weighted by Crippen LogP contribution is -2.64. The summed E-state index contributed by atoms with van der Waals surface area (Å²) in [5.74, 6) is -1.18. The summed E-state index contributed by atoms with van der Waals surface area (Å²) in [6, 6.07) is -0.289. The van der Waals surface area contributed by atoms with Gasteiger partial charge in [-0.25, -0.2) is 0 Å². The van der Waals surface area contributed by atoms with Gasteiger partial charge in [0.15, 0.2) is 0 Å².